The third-order valence-corrected chi connectivity index (χ3v) is 9.32. The Morgan fingerprint density at radius 1 is 0.973 bits per heavy atom. The molecule has 0 saturated heterocycles. The molecule has 0 spiro atoms. The fourth-order valence-corrected chi connectivity index (χ4v) is 6.52. The quantitative estimate of drug-likeness (QED) is 0.334. The number of nitrogens with one attached hydrogen (secondary N) is 2. The molecule has 0 heterocycles. The van der Waals surface area contributed by atoms with E-state index >= 15 is 0 Å². The maximum Gasteiger partial charge on any atom is 0.241 e. The highest BCUT2D eigenvalue weighted by molar-refractivity contribution is 8.06. The molecule has 8 nitrogen and oxygen atoms in total. The second-order valence-corrected chi connectivity index (χ2v) is 13.2. The Morgan fingerprint density at radius 3 is 2.22 bits per heavy atom. The lowest BCUT2D eigenvalue weighted by Gasteiger charge is -2.29. The average Bonchev–Trinajstić information content (AvgIpc) is 3.41. The van der Waals surface area contributed by atoms with Crippen molar-refractivity contribution < 1.29 is 21.6 Å². The van der Waals surface area contributed by atoms with Crippen molar-refractivity contribution in [3.05, 3.63) is 77.9 Å². The molecule has 1 fully saturated rings. The smallest absolute Gasteiger partial charge is 0.241 e. The lowest BCUT2D eigenvalue weighted by molar-refractivity contribution is -0.133. The molecule has 10 heteroatoms. The van der Waals surface area contributed by atoms with Crippen LogP contribution in [-0.2, 0) is 31.1 Å². The van der Waals surface area contributed by atoms with E-state index in [9.17, 15) is 21.6 Å². The molecule has 1 amide bonds. The van der Waals surface area contributed by atoms with Gasteiger partial charge in [0.1, 0.15) is 6.04 Å². The van der Waals surface area contributed by atoms with E-state index < -0.39 is 30.9 Å². The Bertz CT molecular complexity index is 1530. The van der Waals surface area contributed by atoms with Gasteiger partial charge < -0.3 is 4.90 Å². The fraction of sp³-hybridized carbons (Fsp3) is 0.333. The summed E-state index contributed by atoms with van der Waals surface area (Å²) in [7, 11) is -5.98. The van der Waals surface area contributed by atoms with Gasteiger partial charge in [-0.2, -0.15) is 4.72 Å². The molecule has 1 atom stereocenters. The van der Waals surface area contributed by atoms with Crippen LogP contribution in [-0.4, -0.2) is 58.1 Å². The summed E-state index contributed by atoms with van der Waals surface area (Å²) < 4.78 is 52.8. The van der Waals surface area contributed by atoms with Gasteiger partial charge in [-0.15, -0.1) is 0 Å². The van der Waals surface area contributed by atoms with Crippen LogP contribution >= 0.6 is 0 Å². The topological polar surface area (TPSA) is 124 Å². The minimum Gasteiger partial charge on any atom is -0.341 e. The van der Waals surface area contributed by atoms with Gasteiger partial charge >= 0.3 is 0 Å². The Kier molecular flexibility index (Phi) is 7.82. The van der Waals surface area contributed by atoms with Gasteiger partial charge in [0.25, 0.3) is 0 Å². The van der Waals surface area contributed by atoms with Gasteiger partial charge in [-0.05, 0) is 47.7 Å². The number of hydrogen-bond donors (Lipinski definition) is 2. The van der Waals surface area contributed by atoms with E-state index in [1.807, 2.05) is 24.3 Å². The molecule has 1 aliphatic carbocycles. The number of sulfone groups is 1. The van der Waals surface area contributed by atoms with Crippen LogP contribution in [0.1, 0.15) is 36.8 Å². The van der Waals surface area contributed by atoms with E-state index in [0.29, 0.717) is 5.56 Å². The summed E-state index contributed by atoms with van der Waals surface area (Å²) in [6, 6.07) is 17.6. The summed E-state index contributed by atoms with van der Waals surface area (Å²) in [4.78, 5) is 15.3. The minimum absolute atomic E-state index is 0.0674. The second kappa shape index (κ2) is 10.7. The summed E-state index contributed by atoms with van der Waals surface area (Å²) in [5, 5.41) is 9.04. The first-order valence-corrected chi connectivity index (χ1v) is 15.5. The van der Waals surface area contributed by atoms with Gasteiger partial charge in [0.2, 0.25) is 15.9 Å². The third-order valence-electron chi connectivity index (χ3n) is 6.87. The number of fused-ring (bicyclic) bond motifs is 1. The number of amides is 1. The van der Waals surface area contributed by atoms with Crippen molar-refractivity contribution >= 4 is 41.6 Å². The molecule has 0 unspecified atom stereocenters. The normalized spacial score (nSPS) is 15.5. The lowest BCUT2D eigenvalue weighted by Crippen LogP contribution is -2.50. The molecule has 0 aromatic heterocycles. The average molecular weight is 542 g/mol. The molecule has 3 aromatic carbocycles. The molecule has 196 valence electrons. The largest absolute Gasteiger partial charge is 0.341 e. The zero-order valence-electron chi connectivity index (χ0n) is 20.8. The highest BCUT2D eigenvalue weighted by Gasteiger charge is 2.32. The lowest BCUT2D eigenvalue weighted by atomic mass is 10.0. The van der Waals surface area contributed by atoms with Crippen molar-refractivity contribution in [3.63, 3.8) is 0 Å². The number of nitrogens with zero attached hydrogens (tertiary/aromatic N) is 1. The van der Waals surface area contributed by atoms with Gasteiger partial charge in [-0.1, -0.05) is 67.4 Å². The number of sulfonamides is 1. The van der Waals surface area contributed by atoms with Gasteiger partial charge in [0, 0.05) is 24.9 Å². The second-order valence-electron chi connectivity index (χ2n) is 9.57. The molecular weight excluding hydrogens is 510 g/mol. The molecule has 0 bridgehead atoms. The van der Waals surface area contributed by atoms with Crippen molar-refractivity contribution in [2.75, 3.05) is 13.3 Å². The number of carbonyl (C=O) groups is 1. The molecule has 2 N–H and O–H groups in total. The van der Waals surface area contributed by atoms with Crippen LogP contribution < -0.4 is 4.72 Å². The van der Waals surface area contributed by atoms with Crippen molar-refractivity contribution in [1.29, 1.82) is 5.41 Å². The predicted molar refractivity (Wildman–Crippen MR) is 145 cm³/mol. The SMILES string of the molecule is CN(C(=O)[C@H](Cc1ccc(C(=N)S(C)(=O)=O)cc1)NS(=O)(=O)c1ccc2ccccc2c1)C1CCCC1. The molecule has 0 radical (unpaired) electrons. The number of rotatable bonds is 8. The molecule has 37 heavy (non-hydrogen) atoms. The zero-order chi connectivity index (χ0) is 26.8. The molecule has 0 aliphatic heterocycles. The van der Waals surface area contributed by atoms with Crippen LogP contribution in [0.4, 0.5) is 0 Å². The van der Waals surface area contributed by atoms with Crippen LogP contribution in [0.15, 0.2) is 71.6 Å². The standard InChI is InChI=1S/C27H31N3O5S2/c1-30(23-9-5-6-10-23)27(31)25(17-19-11-13-21(14-12-19)26(28)36(2,32)33)29-37(34,35)24-16-15-20-7-3-4-8-22(20)18-24/h3-4,7-8,11-16,18,23,25,28-29H,5-6,9-10,17H2,1-2H3/t25-/m0/s1. The zero-order valence-corrected chi connectivity index (χ0v) is 22.5. The Morgan fingerprint density at radius 2 is 1.59 bits per heavy atom. The molecule has 4 rings (SSSR count). The first-order chi connectivity index (χ1) is 17.5. The summed E-state index contributed by atoms with van der Waals surface area (Å²) in [5.41, 5.74) is 0.873. The van der Waals surface area contributed by atoms with E-state index in [1.165, 1.54) is 18.2 Å². The van der Waals surface area contributed by atoms with Crippen LogP contribution in [0, 0.1) is 5.41 Å². The first kappa shape index (κ1) is 27.0. The van der Waals surface area contributed by atoms with Crippen LogP contribution in [0.2, 0.25) is 0 Å². The van der Waals surface area contributed by atoms with Crippen LogP contribution in [0.25, 0.3) is 10.8 Å². The minimum atomic E-state index is -4.03. The Balaban J connectivity index is 1.62. The van der Waals surface area contributed by atoms with Gasteiger partial charge in [-0.25, -0.2) is 16.8 Å². The number of carbonyl (C=O) groups excluding carboxylic acids is 1. The van der Waals surface area contributed by atoms with Crippen molar-refractivity contribution in [2.24, 2.45) is 0 Å². The highest BCUT2D eigenvalue weighted by atomic mass is 32.2. The predicted octanol–water partition coefficient (Wildman–Crippen LogP) is 3.50. The summed E-state index contributed by atoms with van der Waals surface area (Å²) in [6.45, 7) is 0. The van der Waals surface area contributed by atoms with Crippen LogP contribution in [0.5, 0.6) is 0 Å². The highest BCUT2D eigenvalue weighted by Crippen LogP contribution is 2.24. The van der Waals surface area contributed by atoms with Crippen molar-refractivity contribution in [2.45, 2.75) is 49.1 Å². The van der Waals surface area contributed by atoms with Gasteiger partial charge in [-0.3, -0.25) is 10.2 Å². The van der Waals surface area contributed by atoms with Crippen molar-refractivity contribution in [1.82, 2.24) is 9.62 Å². The third kappa shape index (κ3) is 6.26. The molecular formula is C27H31N3O5S2. The maximum atomic E-state index is 13.5. The number of likely N-dealkylation sites (N-methyl/N-ethyl adjacent to an activating group) is 1. The Labute approximate surface area is 218 Å². The molecule has 3 aromatic rings. The van der Waals surface area contributed by atoms with E-state index in [4.69, 9.17) is 5.41 Å². The fourth-order valence-electron chi connectivity index (χ4n) is 4.73. The van der Waals surface area contributed by atoms with E-state index in [-0.39, 0.29) is 28.8 Å². The maximum absolute atomic E-state index is 13.5. The number of hydrogen-bond acceptors (Lipinski definition) is 6. The monoisotopic (exact) mass is 541 g/mol. The summed E-state index contributed by atoms with van der Waals surface area (Å²) in [5.74, 6) is -0.316. The van der Waals surface area contributed by atoms with Gasteiger partial charge in [0.15, 0.2) is 14.9 Å². The summed E-state index contributed by atoms with van der Waals surface area (Å²) in [6.07, 6.45) is 4.88. The van der Waals surface area contributed by atoms with Crippen molar-refractivity contribution in [3.8, 4) is 0 Å². The van der Waals surface area contributed by atoms with E-state index in [2.05, 4.69) is 4.72 Å². The van der Waals surface area contributed by atoms with E-state index in [1.54, 1.807) is 36.2 Å². The van der Waals surface area contributed by atoms with E-state index in [0.717, 1.165) is 42.7 Å². The first-order valence-electron chi connectivity index (χ1n) is 12.1. The van der Waals surface area contributed by atoms with Gasteiger partial charge in [0.05, 0.1) is 4.90 Å². The number of benzene rings is 3. The van der Waals surface area contributed by atoms with Crippen LogP contribution in [0.3, 0.4) is 0 Å². The summed E-state index contributed by atoms with van der Waals surface area (Å²) >= 11 is 0. The molecule has 1 saturated carbocycles. The Hall–Kier alpha value is -3.08. The molecule has 1 aliphatic rings.